The van der Waals surface area contributed by atoms with Gasteiger partial charge in [-0.3, -0.25) is 9.59 Å². The molecule has 9 heteroatoms. The van der Waals surface area contributed by atoms with E-state index >= 15 is 0 Å². The van der Waals surface area contributed by atoms with E-state index < -0.39 is 0 Å². The summed E-state index contributed by atoms with van der Waals surface area (Å²) in [6, 6.07) is 10.7. The minimum atomic E-state index is -0.310. The van der Waals surface area contributed by atoms with Crippen LogP contribution in [0.4, 0.5) is 11.4 Å². The molecule has 0 bridgehead atoms. The highest BCUT2D eigenvalue weighted by molar-refractivity contribution is 6.13. The van der Waals surface area contributed by atoms with E-state index in [1.54, 1.807) is 41.2 Å². The van der Waals surface area contributed by atoms with Crippen molar-refractivity contribution >= 4 is 34.2 Å². The van der Waals surface area contributed by atoms with E-state index in [9.17, 15) is 9.59 Å². The number of furan rings is 1. The number of nitrogens with one attached hydrogen (secondary N) is 2. The molecule has 0 aliphatic heterocycles. The number of ether oxygens (including phenoxy) is 1. The summed E-state index contributed by atoms with van der Waals surface area (Å²) in [5.74, 6) is 0.907. The summed E-state index contributed by atoms with van der Waals surface area (Å²) in [5.41, 5.74) is 3.62. The Balaban J connectivity index is 1.73. The third-order valence-electron chi connectivity index (χ3n) is 5.30. The molecule has 0 unspecified atom stereocenters. The van der Waals surface area contributed by atoms with Gasteiger partial charge in [0.25, 0.3) is 5.91 Å². The standard InChI is InChI=1S/C25H27N5O4/c1-14(2)30-24-21(12-26-30)20(11-22(29-24)19-9-15(3)34-16(19)4)25(32)28-18-8-6-7-17(10-18)27-23(31)13-33-5/h6-12,14H,13H2,1-5H3,(H,27,31)(H,28,32). The first-order chi connectivity index (χ1) is 16.3. The first-order valence-electron chi connectivity index (χ1n) is 10.9. The van der Waals surface area contributed by atoms with Crippen LogP contribution in [0.1, 0.15) is 41.8 Å². The van der Waals surface area contributed by atoms with E-state index in [0.717, 1.165) is 17.1 Å². The van der Waals surface area contributed by atoms with Crippen LogP contribution >= 0.6 is 0 Å². The molecule has 0 spiro atoms. The molecule has 0 aliphatic rings. The number of pyridine rings is 1. The van der Waals surface area contributed by atoms with Crippen molar-refractivity contribution in [3.63, 3.8) is 0 Å². The lowest BCUT2D eigenvalue weighted by Crippen LogP contribution is -2.17. The van der Waals surface area contributed by atoms with Gasteiger partial charge in [-0.1, -0.05) is 6.07 Å². The number of nitrogens with zero attached hydrogens (tertiary/aromatic N) is 3. The minimum absolute atomic E-state index is 0.0545. The monoisotopic (exact) mass is 461 g/mol. The molecule has 4 rings (SSSR count). The third-order valence-corrected chi connectivity index (χ3v) is 5.30. The van der Waals surface area contributed by atoms with Crippen LogP contribution in [-0.2, 0) is 9.53 Å². The molecule has 2 N–H and O–H groups in total. The van der Waals surface area contributed by atoms with Crippen molar-refractivity contribution in [1.82, 2.24) is 14.8 Å². The van der Waals surface area contributed by atoms with E-state index in [-0.39, 0.29) is 24.5 Å². The van der Waals surface area contributed by atoms with Crippen LogP contribution in [0.5, 0.6) is 0 Å². The van der Waals surface area contributed by atoms with E-state index in [1.165, 1.54) is 7.11 Å². The van der Waals surface area contributed by atoms with Gasteiger partial charge in [0.05, 0.1) is 22.8 Å². The van der Waals surface area contributed by atoms with Crippen molar-refractivity contribution in [3.05, 3.63) is 59.7 Å². The zero-order chi connectivity index (χ0) is 24.4. The average Bonchev–Trinajstić information content (AvgIpc) is 3.35. The fraction of sp³-hybridized carbons (Fsp3) is 0.280. The maximum Gasteiger partial charge on any atom is 0.256 e. The summed E-state index contributed by atoms with van der Waals surface area (Å²) in [7, 11) is 1.45. The van der Waals surface area contributed by atoms with Crippen LogP contribution in [0.25, 0.3) is 22.3 Å². The molecule has 3 heterocycles. The number of fused-ring (bicyclic) bond motifs is 1. The van der Waals surface area contributed by atoms with Gasteiger partial charge in [-0.05, 0) is 58.0 Å². The quantitative estimate of drug-likeness (QED) is 0.412. The van der Waals surface area contributed by atoms with Crippen LogP contribution in [-0.4, -0.2) is 40.3 Å². The van der Waals surface area contributed by atoms with Crippen LogP contribution in [0.2, 0.25) is 0 Å². The Morgan fingerprint density at radius 2 is 1.85 bits per heavy atom. The van der Waals surface area contributed by atoms with E-state index in [1.807, 2.05) is 33.8 Å². The highest BCUT2D eigenvalue weighted by Crippen LogP contribution is 2.30. The maximum absolute atomic E-state index is 13.4. The van der Waals surface area contributed by atoms with Crippen LogP contribution < -0.4 is 10.6 Å². The van der Waals surface area contributed by atoms with Gasteiger partial charge in [-0.15, -0.1) is 0 Å². The molecule has 0 radical (unpaired) electrons. The molecule has 0 saturated carbocycles. The predicted octanol–water partition coefficient (Wildman–Crippen LogP) is 4.73. The Labute approximate surface area is 197 Å². The molecule has 0 atom stereocenters. The molecule has 4 aromatic rings. The molecule has 176 valence electrons. The number of hydrogen-bond acceptors (Lipinski definition) is 6. The number of carbonyl (C=O) groups is 2. The fourth-order valence-corrected chi connectivity index (χ4v) is 3.81. The van der Waals surface area contributed by atoms with Gasteiger partial charge in [0, 0.05) is 30.1 Å². The lowest BCUT2D eigenvalue weighted by Gasteiger charge is -2.12. The second kappa shape index (κ2) is 9.48. The molecule has 2 amide bonds. The summed E-state index contributed by atoms with van der Waals surface area (Å²) in [6.45, 7) is 7.71. The number of rotatable bonds is 7. The Bertz CT molecular complexity index is 1370. The number of methoxy groups -OCH3 is 1. The first-order valence-corrected chi connectivity index (χ1v) is 10.9. The van der Waals surface area contributed by atoms with Gasteiger partial charge in [0.1, 0.15) is 18.1 Å². The number of benzene rings is 1. The Morgan fingerprint density at radius 1 is 1.12 bits per heavy atom. The number of aromatic nitrogens is 3. The van der Waals surface area contributed by atoms with E-state index in [0.29, 0.717) is 33.7 Å². The Morgan fingerprint density at radius 3 is 2.50 bits per heavy atom. The number of anilines is 2. The number of aryl methyl sites for hydroxylation is 2. The maximum atomic E-state index is 13.4. The molecule has 0 saturated heterocycles. The second-order valence-corrected chi connectivity index (χ2v) is 8.32. The normalized spacial score (nSPS) is 11.2. The van der Waals surface area contributed by atoms with Crippen molar-refractivity contribution in [3.8, 4) is 11.3 Å². The lowest BCUT2D eigenvalue weighted by molar-refractivity contribution is -0.119. The fourth-order valence-electron chi connectivity index (χ4n) is 3.81. The molecule has 0 fully saturated rings. The number of hydrogen-bond donors (Lipinski definition) is 2. The van der Waals surface area contributed by atoms with Gasteiger partial charge in [-0.2, -0.15) is 5.10 Å². The smallest absolute Gasteiger partial charge is 0.256 e. The lowest BCUT2D eigenvalue weighted by atomic mass is 10.1. The van der Waals surface area contributed by atoms with Crippen molar-refractivity contribution in [2.24, 2.45) is 0 Å². The van der Waals surface area contributed by atoms with Gasteiger partial charge in [0.2, 0.25) is 5.91 Å². The van der Waals surface area contributed by atoms with Crippen molar-refractivity contribution in [1.29, 1.82) is 0 Å². The second-order valence-electron chi connectivity index (χ2n) is 8.32. The molecular formula is C25H27N5O4. The third kappa shape index (κ3) is 4.69. The summed E-state index contributed by atoms with van der Waals surface area (Å²) in [4.78, 5) is 30.1. The van der Waals surface area contributed by atoms with Gasteiger partial charge >= 0.3 is 0 Å². The van der Waals surface area contributed by atoms with E-state index in [4.69, 9.17) is 14.1 Å². The Kier molecular flexibility index (Phi) is 6.47. The zero-order valence-electron chi connectivity index (χ0n) is 19.8. The van der Waals surface area contributed by atoms with Crippen LogP contribution in [0, 0.1) is 13.8 Å². The summed E-state index contributed by atoms with van der Waals surface area (Å²) < 4.78 is 12.3. The van der Waals surface area contributed by atoms with Crippen molar-refractivity contribution in [2.45, 2.75) is 33.7 Å². The SMILES string of the molecule is COCC(=O)Nc1cccc(NC(=O)c2cc(-c3cc(C)oc3C)nc3c2cnn3C(C)C)c1. The zero-order valence-corrected chi connectivity index (χ0v) is 19.8. The van der Waals surface area contributed by atoms with Crippen molar-refractivity contribution in [2.75, 3.05) is 24.4 Å². The van der Waals surface area contributed by atoms with Gasteiger partial charge in [0.15, 0.2) is 5.65 Å². The van der Waals surface area contributed by atoms with Gasteiger partial charge in [-0.25, -0.2) is 9.67 Å². The molecule has 9 nitrogen and oxygen atoms in total. The highest BCUT2D eigenvalue weighted by atomic mass is 16.5. The molecule has 1 aromatic carbocycles. The topological polar surface area (TPSA) is 111 Å². The predicted molar refractivity (Wildman–Crippen MR) is 130 cm³/mol. The molecule has 3 aromatic heterocycles. The average molecular weight is 462 g/mol. The summed E-state index contributed by atoms with van der Waals surface area (Å²) in [6.07, 6.45) is 1.66. The van der Waals surface area contributed by atoms with Crippen LogP contribution in [0.3, 0.4) is 0 Å². The minimum Gasteiger partial charge on any atom is -0.466 e. The molecule has 0 aliphatic carbocycles. The van der Waals surface area contributed by atoms with Crippen molar-refractivity contribution < 1.29 is 18.7 Å². The Hall–Kier alpha value is -3.98. The molecular weight excluding hydrogens is 434 g/mol. The number of amides is 2. The van der Waals surface area contributed by atoms with Gasteiger partial charge < -0.3 is 19.8 Å². The first kappa shape index (κ1) is 23.2. The molecule has 34 heavy (non-hydrogen) atoms. The highest BCUT2D eigenvalue weighted by Gasteiger charge is 2.20. The summed E-state index contributed by atoms with van der Waals surface area (Å²) in [5, 5.41) is 10.8. The van der Waals surface area contributed by atoms with E-state index in [2.05, 4.69) is 15.7 Å². The largest absolute Gasteiger partial charge is 0.466 e. The summed E-state index contributed by atoms with van der Waals surface area (Å²) >= 11 is 0. The number of carbonyl (C=O) groups excluding carboxylic acids is 2. The van der Waals surface area contributed by atoms with Crippen LogP contribution in [0.15, 0.2) is 47.0 Å².